The number of alkyl halides is 1. The molecule has 0 saturated heterocycles. The van der Waals surface area contributed by atoms with E-state index in [2.05, 4.69) is 0 Å². The van der Waals surface area contributed by atoms with Gasteiger partial charge in [-0.25, -0.2) is 12.8 Å². The normalized spacial score (nSPS) is 12.0. The molecule has 90 valence electrons. The van der Waals surface area contributed by atoms with E-state index >= 15 is 0 Å². The molecule has 3 nitrogen and oxygen atoms in total. The summed E-state index contributed by atoms with van der Waals surface area (Å²) in [5.74, 6) is -0.356. The fraction of sp³-hybridized carbons (Fsp3) is 0.400. The van der Waals surface area contributed by atoms with Gasteiger partial charge in [-0.2, -0.15) is 4.31 Å². The molecular weight excluding hydrogens is 253 g/mol. The van der Waals surface area contributed by atoms with Crippen molar-refractivity contribution < 1.29 is 12.8 Å². The van der Waals surface area contributed by atoms with Gasteiger partial charge in [0.2, 0.25) is 10.0 Å². The first kappa shape index (κ1) is 13.4. The van der Waals surface area contributed by atoms with Crippen LogP contribution in [0.1, 0.15) is 6.92 Å². The molecule has 1 aromatic rings. The van der Waals surface area contributed by atoms with E-state index in [0.717, 1.165) is 6.07 Å². The average molecular weight is 266 g/mol. The van der Waals surface area contributed by atoms with E-state index in [4.69, 9.17) is 11.6 Å². The van der Waals surface area contributed by atoms with Gasteiger partial charge in [-0.1, -0.05) is 13.0 Å². The molecule has 0 aliphatic carbocycles. The SMILES string of the molecule is CCN(CCCl)S(=O)(=O)c1cccc(F)c1. The van der Waals surface area contributed by atoms with Crippen molar-refractivity contribution in [1.82, 2.24) is 4.31 Å². The Hall–Kier alpha value is -0.650. The second-order valence-corrected chi connectivity index (χ2v) is 5.46. The Balaban J connectivity index is 3.09. The van der Waals surface area contributed by atoms with Gasteiger partial charge in [-0.15, -0.1) is 11.6 Å². The van der Waals surface area contributed by atoms with Crippen molar-refractivity contribution in [1.29, 1.82) is 0 Å². The summed E-state index contributed by atoms with van der Waals surface area (Å²) in [5, 5.41) is 0. The minimum Gasteiger partial charge on any atom is -0.207 e. The Kier molecular flexibility index (Phi) is 4.70. The van der Waals surface area contributed by atoms with Crippen molar-refractivity contribution in [3.63, 3.8) is 0 Å². The molecule has 0 bridgehead atoms. The van der Waals surface area contributed by atoms with Crippen LogP contribution in [0.25, 0.3) is 0 Å². The van der Waals surface area contributed by atoms with Crippen LogP contribution in [0.15, 0.2) is 29.2 Å². The first-order chi connectivity index (χ1) is 7.52. The number of halogens is 2. The van der Waals surface area contributed by atoms with Gasteiger partial charge in [0, 0.05) is 19.0 Å². The molecule has 0 aromatic heterocycles. The monoisotopic (exact) mass is 265 g/mol. The van der Waals surface area contributed by atoms with Gasteiger partial charge in [0.05, 0.1) is 4.90 Å². The lowest BCUT2D eigenvalue weighted by atomic mass is 10.4. The summed E-state index contributed by atoms with van der Waals surface area (Å²) in [6.45, 7) is 2.24. The highest BCUT2D eigenvalue weighted by Crippen LogP contribution is 2.16. The zero-order chi connectivity index (χ0) is 12.2. The quantitative estimate of drug-likeness (QED) is 0.765. The molecule has 0 N–H and O–H groups in total. The summed E-state index contributed by atoms with van der Waals surface area (Å²) in [6.07, 6.45) is 0. The third-order valence-electron chi connectivity index (χ3n) is 2.12. The predicted molar refractivity (Wildman–Crippen MR) is 61.6 cm³/mol. The highest BCUT2D eigenvalue weighted by atomic mass is 35.5. The third kappa shape index (κ3) is 2.93. The van der Waals surface area contributed by atoms with Crippen LogP contribution in [0.4, 0.5) is 4.39 Å². The van der Waals surface area contributed by atoms with E-state index in [0.29, 0.717) is 6.54 Å². The number of hydrogen-bond acceptors (Lipinski definition) is 2. The molecule has 0 unspecified atom stereocenters. The van der Waals surface area contributed by atoms with Crippen LogP contribution >= 0.6 is 11.6 Å². The average Bonchev–Trinajstić information content (AvgIpc) is 2.25. The zero-order valence-electron chi connectivity index (χ0n) is 8.86. The summed E-state index contributed by atoms with van der Waals surface area (Å²) in [4.78, 5) is -0.0422. The van der Waals surface area contributed by atoms with Crippen LogP contribution in [-0.4, -0.2) is 31.7 Å². The molecule has 0 fully saturated rings. The van der Waals surface area contributed by atoms with Crippen molar-refractivity contribution >= 4 is 21.6 Å². The maximum atomic E-state index is 12.9. The fourth-order valence-corrected chi connectivity index (χ4v) is 3.11. The maximum Gasteiger partial charge on any atom is 0.243 e. The molecule has 1 rings (SSSR count). The highest BCUT2D eigenvalue weighted by Gasteiger charge is 2.22. The number of sulfonamides is 1. The molecule has 6 heteroatoms. The minimum atomic E-state index is -3.63. The Labute approximate surface area is 99.9 Å². The van der Waals surface area contributed by atoms with Crippen LogP contribution in [0.5, 0.6) is 0 Å². The van der Waals surface area contributed by atoms with E-state index in [1.807, 2.05) is 0 Å². The van der Waals surface area contributed by atoms with E-state index in [1.54, 1.807) is 6.92 Å². The van der Waals surface area contributed by atoms with E-state index in [9.17, 15) is 12.8 Å². The molecule has 0 heterocycles. The molecule has 0 radical (unpaired) electrons. The van der Waals surface area contributed by atoms with Crippen molar-refractivity contribution in [2.45, 2.75) is 11.8 Å². The second-order valence-electron chi connectivity index (χ2n) is 3.14. The molecule has 0 aliphatic heterocycles. The Morgan fingerprint density at radius 3 is 2.62 bits per heavy atom. The Bertz CT molecular complexity index is 450. The number of hydrogen-bond donors (Lipinski definition) is 0. The van der Waals surface area contributed by atoms with Crippen molar-refractivity contribution in [3.8, 4) is 0 Å². The van der Waals surface area contributed by atoms with Crippen LogP contribution in [0.3, 0.4) is 0 Å². The topological polar surface area (TPSA) is 37.4 Å². The van der Waals surface area contributed by atoms with E-state index in [-0.39, 0.29) is 17.3 Å². The molecule has 0 aliphatic rings. The van der Waals surface area contributed by atoms with Crippen LogP contribution in [0, 0.1) is 5.82 Å². The standard InChI is InChI=1S/C10H13ClFNO2S/c1-2-13(7-6-11)16(14,15)10-5-3-4-9(12)8-10/h3-5,8H,2,6-7H2,1H3. The van der Waals surface area contributed by atoms with Crippen molar-refractivity contribution in [2.24, 2.45) is 0 Å². The first-order valence-electron chi connectivity index (χ1n) is 4.84. The summed E-state index contributed by atoms with van der Waals surface area (Å²) >= 11 is 5.52. The van der Waals surface area contributed by atoms with Crippen LogP contribution in [0.2, 0.25) is 0 Å². The van der Waals surface area contributed by atoms with Gasteiger partial charge < -0.3 is 0 Å². The van der Waals surface area contributed by atoms with Crippen molar-refractivity contribution in [3.05, 3.63) is 30.1 Å². The van der Waals surface area contributed by atoms with Gasteiger partial charge in [0.15, 0.2) is 0 Å². The lowest BCUT2D eigenvalue weighted by Gasteiger charge is -2.19. The maximum absolute atomic E-state index is 12.9. The van der Waals surface area contributed by atoms with Gasteiger partial charge in [-0.05, 0) is 18.2 Å². The number of rotatable bonds is 5. The molecular formula is C10H13ClFNO2S. The van der Waals surface area contributed by atoms with Crippen molar-refractivity contribution in [2.75, 3.05) is 19.0 Å². The summed E-state index contributed by atoms with van der Waals surface area (Å²) in [6, 6.07) is 4.95. The molecule has 0 spiro atoms. The summed E-state index contributed by atoms with van der Waals surface area (Å²) in [7, 11) is -3.63. The lowest BCUT2D eigenvalue weighted by molar-refractivity contribution is 0.446. The predicted octanol–water partition coefficient (Wildman–Crippen LogP) is 2.08. The second kappa shape index (κ2) is 5.61. The molecule has 1 aromatic carbocycles. The molecule has 0 amide bonds. The molecule has 16 heavy (non-hydrogen) atoms. The van der Waals surface area contributed by atoms with E-state index in [1.165, 1.54) is 22.5 Å². The number of benzene rings is 1. The lowest BCUT2D eigenvalue weighted by Crippen LogP contribution is -2.32. The Morgan fingerprint density at radius 2 is 2.12 bits per heavy atom. The number of nitrogens with zero attached hydrogens (tertiary/aromatic N) is 1. The fourth-order valence-electron chi connectivity index (χ4n) is 1.32. The van der Waals surface area contributed by atoms with Gasteiger partial charge in [-0.3, -0.25) is 0 Å². The van der Waals surface area contributed by atoms with Gasteiger partial charge in [0.1, 0.15) is 5.82 Å². The van der Waals surface area contributed by atoms with Crippen LogP contribution < -0.4 is 0 Å². The summed E-state index contributed by atoms with van der Waals surface area (Å²) in [5.41, 5.74) is 0. The molecule has 0 saturated carbocycles. The Morgan fingerprint density at radius 1 is 1.44 bits per heavy atom. The van der Waals surface area contributed by atoms with Gasteiger partial charge >= 0.3 is 0 Å². The zero-order valence-corrected chi connectivity index (χ0v) is 10.4. The van der Waals surface area contributed by atoms with Gasteiger partial charge in [0.25, 0.3) is 0 Å². The summed E-state index contributed by atoms with van der Waals surface area (Å²) < 4.78 is 38.2. The highest BCUT2D eigenvalue weighted by molar-refractivity contribution is 7.89. The first-order valence-corrected chi connectivity index (χ1v) is 6.81. The largest absolute Gasteiger partial charge is 0.243 e. The smallest absolute Gasteiger partial charge is 0.207 e. The minimum absolute atomic E-state index is 0.0422. The molecule has 0 atom stereocenters. The third-order valence-corrected chi connectivity index (χ3v) is 4.26. The van der Waals surface area contributed by atoms with E-state index < -0.39 is 15.8 Å². The van der Waals surface area contributed by atoms with Crippen LogP contribution in [-0.2, 0) is 10.0 Å².